The van der Waals surface area contributed by atoms with Gasteiger partial charge in [-0.2, -0.15) is 18.4 Å². The number of halogens is 4. The first kappa shape index (κ1) is 25.2. The maximum Gasteiger partial charge on any atom is 0.416 e. The zero-order valence-electron chi connectivity index (χ0n) is 20.0. The van der Waals surface area contributed by atoms with Crippen LogP contribution in [0.4, 0.5) is 18.9 Å². The Kier molecular flexibility index (Phi) is 7.18. The molecule has 0 aromatic heterocycles. The molecule has 0 amide bonds. The molecule has 3 aromatic carbocycles. The number of alkyl halides is 3. The van der Waals surface area contributed by atoms with Crippen molar-refractivity contribution in [1.82, 2.24) is 4.90 Å². The van der Waals surface area contributed by atoms with Gasteiger partial charge in [-0.05, 0) is 53.9 Å². The highest BCUT2D eigenvalue weighted by atomic mass is 35.5. The fraction of sp³-hybridized carbons (Fsp3) is 0.321. The van der Waals surface area contributed by atoms with E-state index in [2.05, 4.69) is 4.90 Å². The van der Waals surface area contributed by atoms with Crippen molar-refractivity contribution < 1.29 is 22.6 Å². The molecule has 2 aliphatic heterocycles. The predicted octanol–water partition coefficient (Wildman–Crippen LogP) is 6.28. The SMILES string of the molecule is N#Cc1ccc(N(Cc2ccccc2C(F)(F)F)[C@H]2CCN(Cc3ccc4c(c3)OCCO4)C2)cc1Cl. The quantitative estimate of drug-likeness (QED) is 0.377. The Bertz CT molecular complexity index is 1320. The molecule has 0 bridgehead atoms. The summed E-state index contributed by atoms with van der Waals surface area (Å²) in [7, 11) is 0. The Labute approximate surface area is 218 Å². The van der Waals surface area contributed by atoms with Gasteiger partial charge in [0.15, 0.2) is 11.5 Å². The van der Waals surface area contributed by atoms with Gasteiger partial charge in [0.1, 0.15) is 19.3 Å². The number of benzene rings is 3. The minimum absolute atomic E-state index is 0.0393. The number of nitrogens with zero attached hydrogens (tertiary/aromatic N) is 3. The van der Waals surface area contributed by atoms with Gasteiger partial charge < -0.3 is 14.4 Å². The maximum atomic E-state index is 13.8. The summed E-state index contributed by atoms with van der Waals surface area (Å²) in [5, 5.41) is 9.55. The van der Waals surface area contributed by atoms with Gasteiger partial charge in [-0.15, -0.1) is 0 Å². The lowest BCUT2D eigenvalue weighted by atomic mass is 10.0. The minimum atomic E-state index is -4.45. The first-order valence-corrected chi connectivity index (χ1v) is 12.4. The summed E-state index contributed by atoms with van der Waals surface area (Å²) in [5.41, 5.74) is 1.65. The highest BCUT2D eigenvalue weighted by Gasteiger charge is 2.35. The first-order chi connectivity index (χ1) is 17.8. The summed E-state index contributed by atoms with van der Waals surface area (Å²) < 4.78 is 52.6. The van der Waals surface area contributed by atoms with E-state index < -0.39 is 11.7 Å². The third kappa shape index (κ3) is 5.63. The summed E-state index contributed by atoms with van der Waals surface area (Å²) >= 11 is 6.32. The van der Waals surface area contributed by atoms with Crippen molar-refractivity contribution in [1.29, 1.82) is 5.26 Å². The van der Waals surface area contributed by atoms with Crippen LogP contribution in [0.5, 0.6) is 11.5 Å². The number of hydrogen-bond donors (Lipinski definition) is 0. The van der Waals surface area contributed by atoms with Crippen LogP contribution in [-0.4, -0.2) is 37.2 Å². The average molecular weight is 528 g/mol. The molecular formula is C28H25ClF3N3O2. The molecule has 2 aliphatic rings. The number of anilines is 1. The second-order valence-corrected chi connectivity index (χ2v) is 9.62. The van der Waals surface area contributed by atoms with Gasteiger partial charge in [-0.25, -0.2) is 0 Å². The summed E-state index contributed by atoms with van der Waals surface area (Å²) in [4.78, 5) is 4.26. The zero-order valence-corrected chi connectivity index (χ0v) is 20.7. The van der Waals surface area contributed by atoms with Crippen molar-refractivity contribution in [3.63, 3.8) is 0 Å². The molecule has 1 atom stereocenters. The van der Waals surface area contributed by atoms with Gasteiger partial charge in [0.05, 0.1) is 16.1 Å². The molecule has 0 spiro atoms. The number of hydrogen-bond acceptors (Lipinski definition) is 5. The monoisotopic (exact) mass is 527 g/mol. The molecule has 1 fully saturated rings. The van der Waals surface area contributed by atoms with Gasteiger partial charge in [0, 0.05) is 37.9 Å². The molecule has 9 heteroatoms. The van der Waals surface area contributed by atoms with Crippen LogP contribution in [-0.2, 0) is 19.3 Å². The van der Waals surface area contributed by atoms with E-state index in [1.54, 1.807) is 24.3 Å². The van der Waals surface area contributed by atoms with E-state index in [1.165, 1.54) is 12.1 Å². The van der Waals surface area contributed by atoms with Gasteiger partial charge >= 0.3 is 6.18 Å². The van der Waals surface area contributed by atoms with Crippen molar-refractivity contribution >= 4 is 17.3 Å². The molecular weight excluding hydrogens is 503 g/mol. The Morgan fingerprint density at radius 1 is 1.03 bits per heavy atom. The number of rotatable bonds is 6. The van der Waals surface area contributed by atoms with Crippen LogP contribution >= 0.6 is 11.6 Å². The van der Waals surface area contributed by atoms with Gasteiger partial charge in [0.2, 0.25) is 0 Å². The van der Waals surface area contributed by atoms with Crippen molar-refractivity contribution in [2.45, 2.75) is 31.7 Å². The summed E-state index contributed by atoms with van der Waals surface area (Å²) in [6, 6.07) is 18.6. The second kappa shape index (κ2) is 10.5. The van der Waals surface area contributed by atoms with Crippen molar-refractivity contribution in [3.05, 3.63) is 87.9 Å². The normalized spacial score (nSPS) is 17.4. The third-order valence-electron chi connectivity index (χ3n) is 6.77. The molecule has 0 N–H and O–H groups in total. The van der Waals surface area contributed by atoms with Crippen LogP contribution in [0.2, 0.25) is 5.02 Å². The molecule has 5 rings (SSSR count). The Morgan fingerprint density at radius 3 is 2.57 bits per heavy atom. The summed E-state index contributed by atoms with van der Waals surface area (Å²) in [5.74, 6) is 1.47. The lowest BCUT2D eigenvalue weighted by Crippen LogP contribution is -2.37. The largest absolute Gasteiger partial charge is 0.486 e. The second-order valence-electron chi connectivity index (χ2n) is 9.21. The molecule has 192 valence electrons. The summed E-state index contributed by atoms with van der Waals surface area (Å²) in [6.07, 6.45) is -3.68. The first-order valence-electron chi connectivity index (χ1n) is 12.0. The Morgan fingerprint density at radius 2 is 1.81 bits per heavy atom. The smallest absolute Gasteiger partial charge is 0.416 e. The predicted molar refractivity (Wildman–Crippen MR) is 135 cm³/mol. The number of likely N-dealkylation sites (tertiary alicyclic amines) is 1. The standard InChI is InChI=1S/C28H25ClF3N3O2/c29-25-14-22(7-6-20(25)15-33)35(17-21-3-1-2-4-24(21)28(30,31)32)23-9-10-34(18-23)16-19-5-8-26-27(13-19)37-12-11-36-26/h1-8,13-14,23H,9-12,16-18H2/t23-/m0/s1. The van der Waals surface area contributed by atoms with Crippen LogP contribution < -0.4 is 14.4 Å². The zero-order chi connectivity index (χ0) is 26.0. The van der Waals surface area contributed by atoms with E-state index in [0.717, 1.165) is 36.1 Å². The van der Waals surface area contributed by atoms with Crippen molar-refractivity contribution in [2.24, 2.45) is 0 Å². The van der Waals surface area contributed by atoms with E-state index in [-0.39, 0.29) is 23.2 Å². The van der Waals surface area contributed by atoms with Crippen LogP contribution in [0, 0.1) is 11.3 Å². The molecule has 0 unspecified atom stereocenters. The number of ether oxygens (including phenoxy) is 2. The van der Waals surface area contributed by atoms with Gasteiger partial charge in [-0.1, -0.05) is 35.9 Å². The molecule has 0 radical (unpaired) electrons. The Hall–Kier alpha value is -3.41. The van der Waals surface area contributed by atoms with Crippen LogP contribution in [0.25, 0.3) is 0 Å². The molecule has 37 heavy (non-hydrogen) atoms. The number of nitriles is 1. The van der Waals surface area contributed by atoms with Crippen LogP contribution in [0.1, 0.15) is 28.7 Å². The lowest BCUT2D eigenvalue weighted by molar-refractivity contribution is -0.138. The van der Waals surface area contributed by atoms with E-state index in [0.29, 0.717) is 37.6 Å². The highest BCUT2D eigenvalue weighted by molar-refractivity contribution is 6.32. The van der Waals surface area contributed by atoms with E-state index in [1.807, 2.05) is 29.2 Å². The van der Waals surface area contributed by atoms with Crippen LogP contribution in [0.15, 0.2) is 60.7 Å². The molecule has 3 aromatic rings. The van der Waals surface area contributed by atoms with E-state index >= 15 is 0 Å². The van der Waals surface area contributed by atoms with Crippen LogP contribution in [0.3, 0.4) is 0 Å². The molecule has 2 heterocycles. The topological polar surface area (TPSA) is 48.7 Å². The van der Waals surface area contributed by atoms with E-state index in [9.17, 15) is 18.4 Å². The average Bonchev–Trinajstić information content (AvgIpc) is 3.35. The highest BCUT2D eigenvalue weighted by Crippen LogP contribution is 2.36. The van der Waals surface area contributed by atoms with Gasteiger partial charge in [-0.3, -0.25) is 4.90 Å². The number of fused-ring (bicyclic) bond motifs is 1. The molecule has 5 nitrogen and oxygen atoms in total. The molecule has 1 saturated heterocycles. The fourth-order valence-electron chi connectivity index (χ4n) is 4.98. The molecule has 0 saturated carbocycles. The molecule has 0 aliphatic carbocycles. The van der Waals surface area contributed by atoms with Crippen molar-refractivity contribution in [2.75, 3.05) is 31.2 Å². The minimum Gasteiger partial charge on any atom is -0.486 e. The fourth-order valence-corrected chi connectivity index (χ4v) is 5.19. The maximum absolute atomic E-state index is 13.8. The van der Waals surface area contributed by atoms with E-state index in [4.69, 9.17) is 21.1 Å². The lowest BCUT2D eigenvalue weighted by Gasteiger charge is -2.32. The third-order valence-corrected chi connectivity index (χ3v) is 7.08. The Balaban J connectivity index is 1.39. The summed E-state index contributed by atoms with van der Waals surface area (Å²) in [6.45, 7) is 3.27. The van der Waals surface area contributed by atoms with Gasteiger partial charge in [0.25, 0.3) is 0 Å². The van der Waals surface area contributed by atoms with Crippen molar-refractivity contribution in [3.8, 4) is 17.6 Å².